The number of hydrogen-bond donors (Lipinski definition) is 1. The van der Waals surface area contributed by atoms with Crippen LogP contribution in [0.25, 0.3) is 6.08 Å². The van der Waals surface area contributed by atoms with Crippen molar-refractivity contribution in [3.8, 4) is 0 Å². The lowest BCUT2D eigenvalue weighted by molar-refractivity contribution is -0.158. The Balaban J connectivity index is 1.60. The highest BCUT2D eigenvalue weighted by Gasteiger charge is 2.37. The first kappa shape index (κ1) is 35.9. The van der Waals surface area contributed by atoms with E-state index in [2.05, 4.69) is 58.3 Å². The molecule has 1 aromatic carbocycles. The van der Waals surface area contributed by atoms with Crippen LogP contribution in [0.3, 0.4) is 0 Å². The summed E-state index contributed by atoms with van der Waals surface area (Å²) in [4.78, 5) is 43.4. The first-order valence-corrected chi connectivity index (χ1v) is 19.4. The van der Waals surface area contributed by atoms with E-state index < -0.39 is 32.0 Å². The highest BCUT2D eigenvalue weighted by molar-refractivity contribution is 7.14. The molecule has 7 nitrogen and oxygen atoms in total. The van der Waals surface area contributed by atoms with Gasteiger partial charge in [0.25, 0.3) is 0 Å². The molecule has 1 fully saturated rings. The van der Waals surface area contributed by atoms with Crippen LogP contribution in [0.4, 0.5) is 0 Å². The van der Waals surface area contributed by atoms with Gasteiger partial charge in [-0.3, -0.25) is 14.5 Å². The largest absolute Gasteiger partial charge is 0.458 e. The molecule has 3 rings (SSSR count). The van der Waals surface area contributed by atoms with Gasteiger partial charge in [0.1, 0.15) is 11.6 Å². The number of esters is 1. The lowest BCUT2D eigenvalue weighted by atomic mass is 10.0. The maximum atomic E-state index is 13.5. The standard InChI is InChI=1S/C35H52N2O5SSi/c1-25(24-41-44(8,9)35(5,6)7)17-18-27-19-20-31(43-27)30(38)23-37-21-13-16-29(37)32(39)36-28(33(40)42-34(2,3)4)22-26-14-11-10-12-15-26/h10-12,14-15,17-20,25,28-29H,13,16,21-24H2,1-9H3,(H,36,39)/b18-17+/t25-,28+,29+/m1/s1. The smallest absolute Gasteiger partial charge is 0.329 e. The first-order chi connectivity index (χ1) is 20.4. The number of hydrogen-bond acceptors (Lipinski definition) is 7. The Hall–Kier alpha value is -2.59. The van der Waals surface area contributed by atoms with Crippen molar-refractivity contribution >= 4 is 43.4 Å². The molecular formula is C35H52N2O5SSi. The van der Waals surface area contributed by atoms with Crippen LogP contribution in [0, 0.1) is 5.92 Å². The van der Waals surface area contributed by atoms with Gasteiger partial charge in [-0.25, -0.2) is 4.79 Å². The molecule has 1 N–H and O–H groups in total. The van der Waals surface area contributed by atoms with Gasteiger partial charge < -0.3 is 14.5 Å². The average Bonchev–Trinajstić information content (AvgIpc) is 3.59. The van der Waals surface area contributed by atoms with Crippen molar-refractivity contribution in [3.63, 3.8) is 0 Å². The van der Waals surface area contributed by atoms with Crippen molar-refractivity contribution < 1.29 is 23.5 Å². The van der Waals surface area contributed by atoms with Crippen LogP contribution >= 0.6 is 11.3 Å². The number of rotatable bonds is 13. The predicted molar refractivity (Wildman–Crippen MR) is 183 cm³/mol. The summed E-state index contributed by atoms with van der Waals surface area (Å²) in [5, 5.41) is 3.13. The van der Waals surface area contributed by atoms with E-state index in [1.165, 1.54) is 11.3 Å². The number of nitrogens with zero attached hydrogens (tertiary/aromatic N) is 1. The van der Waals surface area contributed by atoms with Crippen molar-refractivity contribution in [2.45, 2.75) is 104 Å². The Bertz CT molecular complexity index is 1290. The molecule has 0 radical (unpaired) electrons. The molecular weight excluding hydrogens is 589 g/mol. The van der Waals surface area contributed by atoms with Crippen LogP contribution in [0.15, 0.2) is 48.5 Å². The molecule has 1 aliphatic rings. The molecule has 0 aliphatic carbocycles. The Labute approximate surface area is 269 Å². The average molecular weight is 641 g/mol. The molecule has 2 heterocycles. The number of benzene rings is 1. The fourth-order valence-corrected chi connectivity index (χ4v) is 6.69. The zero-order chi connectivity index (χ0) is 32.7. The van der Waals surface area contributed by atoms with Gasteiger partial charge in [-0.15, -0.1) is 11.3 Å². The predicted octanol–water partition coefficient (Wildman–Crippen LogP) is 7.14. The summed E-state index contributed by atoms with van der Waals surface area (Å²) in [5.74, 6) is -0.446. The van der Waals surface area contributed by atoms with Crippen LogP contribution in [-0.2, 0) is 25.2 Å². The van der Waals surface area contributed by atoms with E-state index in [0.717, 1.165) is 16.9 Å². The minimum Gasteiger partial charge on any atom is -0.458 e. The zero-order valence-corrected chi connectivity index (χ0v) is 29.9. The Morgan fingerprint density at radius 3 is 2.39 bits per heavy atom. The summed E-state index contributed by atoms with van der Waals surface area (Å²) in [6.07, 6.45) is 5.99. The number of amides is 1. The van der Waals surface area contributed by atoms with Crippen molar-refractivity contribution in [2.24, 2.45) is 5.92 Å². The lowest BCUT2D eigenvalue weighted by Gasteiger charge is -2.36. The maximum Gasteiger partial charge on any atom is 0.329 e. The second-order valence-electron chi connectivity index (χ2n) is 14.4. The third kappa shape index (κ3) is 10.8. The summed E-state index contributed by atoms with van der Waals surface area (Å²) < 4.78 is 12.0. The number of likely N-dealkylation sites (tertiary alicyclic amines) is 1. The number of ketones is 1. The normalized spacial score (nSPS) is 17.9. The maximum absolute atomic E-state index is 13.5. The fourth-order valence-electron chi connectivity index (χ4n) is 4.72. The van der Waals surface area contributed by atoms with Gasteiger partial charge in [0.15, 0.2) is 14.1 Å². The monoisotopic (exact) mass is 640 g/mol. The number of carbonyl (C=O) groups excluding carboxylic acids is 3. The van der Waals surface area contributed by atoms with Crippen LogP contribution in [0.2, 0.25) is 18.1 Å². The molecule has 0 unspecified atom stereocenters. The molecule has 1 aromatic heterocycles. The van der Waals surface area contributed by atoms with Gasteiger partial charge in [-0.05, 0) is 88.0 Å². The lowest BCUT2D eigenvalue weighted by Crippen LogP contribution is -2.52. The molecule has 0 saturated carbocycles. The van der Waals surface area contributed by atoms with Gasteiger partial charge in [0, 0.05) is 17.9 Å². The molecule has 9 heteroatoms. The minimum atomic E-state index is -1.79. The van der Waals surface area contributed by atoms with Crippen molar-refractivity contribution in [1.29, 1.82) is 0 Å². The van der Waals surface area contributed by atoms with Gasteiger partial charge in [-0.2, -0.15) is 0 Å². The molecule has 1 amide bonds. The van der Waals surface area contributed by atoms with E-state index in [4.69, 9.17) is 9.16 Å². The molecule has 242 valence electrons. The van der Waals surface area contributed by atoms with Crippen LogP contribution in [0.5, 0.6) is 0 Å². The molecule has 1 aliphatic heterocycles. The highest BCUT2D eigenvalue weighted by Crippen LogP contribution is 2.36. The Morgan fingerprint density at radius 1 is 1.07 bits per heavy atom. The molecule has 3 atom stereocenters. The molecule has 44 heavy (non-hydrogen) atoms. The Kier molecular flexibility index (Phi) is 12.3. The van der Waals surface area contributed by atoms with Crippen molar-refractivity contribution in [1.82, 2.24) is 10.2 Å². The van der Waals surface area contributed by atoms with Gasteiger partial charge in [0.05, 0.1) is 17.5 Å². The molecule has 0 bridgehead atoms. The number of thiophene rings is 1. The Morgan fingerprint density at radius 2 is 1.75 bits per heavy atom. The van der Waals surface area contributed by atoms with E-state index in [1.807, 2.05) is 68.1 Å². The molecule has 2 aromatic rings. The summed E-state index contributed by atoms with van der Waals surface area (Å²) in [7, 11) is -1.79. The third-order valence-electron chi connectivity index (χ3n) is 8.31. The van der Waals surface area contributed by atoms with Gasteiger partial charge in [-0.1, -0.05) is 64.1 Å². The van der Waals surface area contributed by atoms with Gasteiger partial charge in [0.2, 0.25) is 5.91 Å². The van der Waals surface area contributed by atoms with Crippen LogP contribution in [0.1, 0.15) is 81.4 Å². The SMILES string of the molecule is C[C@H](/C=C/c1ccc(C(=O)CN2CCC[C@H]2C(=O)N[C@@H](Cc2ccccc2)C(=O)OC(C)(C)C)s1)CO[Si](C)(C)C(C)(C)C. The van der Waals surface area contributed by atoms with E-state index >= 15 is 0 Å². The fraction of sp³-hybridized carbons (Fsp3) is 0.571. The number of carbonyl (C=O) groups is 3. The summed E-state index contributed by atoms with van der Waals surface area (Å²) in [6.45, 7) is 20.3. The second kappa shape index (κ2) is 15.1. The van der Waals surface area contributed by atoms with E-state index in [1.54, 1.807) is 0 Å². The summed E-state index contributed by atoms with van der Waals surface area (Å²) in [6, 6.07) is 12.1. The van der Waals surface area contributed by atoms with Gasteiger partial charge >= 0.3 is 5.97 Å². The molecule has 1 saturated heterocycles. The number of Topliss-reactive ketones (excluding diaryl/α,β-unsaturated/α-hetero) is 1. The van der Waals surface area contributed by atoms with Crippen LogP contribution in [-0.4, -0.2) is 68.3 Å². The minimum absolute atomic E-state index is 0.00311. The third-order valence-corrected chi connectivity index (χ3v) is 13.9. The summed E-state index contributed by atoms with van der Waals surface area (Å²) in [5.41, 5.74) is 0.260. The summed E-state index contributed by atoms with van der Waals surface area (Å²) >= 11 is 1.47. The van der Waals surface area contributed by atoms with E-state index in [-0.39, 0.29) is 29.2 Å². The second-order valence-corrected chi connectivity index (χ2v) is 20.4. The number of ether oxygens (including phenoxy) is 1. The quantitative estimate of drug-likeness (QED) is 0.142. The van der Waals surface area contributed by atoms with E-state index in [9.17, 15) is 14.4 Å². The van der Waals surface area contributed by atoms with Crippen molar-refractivity contribution in [2.75, 3.05) is 19.7 Å². The number of nitrogens with one attached hydrogen (secondary N) is 1. The topological polar surface area (TPSA) is 84.9 Å². The van der Waals surface area contributed by atoms with E-state index in [0.29, 0.717) is 30.9 Å². The van der Waals surface area contributed by atoms with Crippen molar-refractivity contribution in [3.05, 3.63) is 63.9 Å². The highest BCUT2D eigenvalue weighted by atomic mass is 32.1. The zero-order valence-electron chi connectivity index (χ0n) is 28.1. The molecule has 0 spiro atoms. The van der Waals surface area contributed by atoms with Crippen LogP contribution < -0.4 is 5.32 Å². The first-order valence-electron chi connectivity index (χ1n) is 15.7.